The number of nitrogens with one attached hydrogen (secondary N) is 1. The van der Waals surface area contributed by atoms with Gasteiger partial charge in [-0.2, -0.15) is 0 Å². The summed E-state index contributed by atoms with van der Waals surface area (Å²) in [6, 6.07) is 7.97. The number of ether oxygens (including phenoxy) is 2. The third-order valence-corrected chi connectivity index (χ3v) is 5.76. The van der Waals surface area contributed by atoms with Gasteiger partial charge in [-0.3, -0.25) is 9.69 Å². The third kappa shape index (κ3) is 5.44. The van der Waals surface area contributed by atoms with Crippen LogP contribution in [0.5, 0.6) is 11.5 Å². The Balaban J connectivity index is 1.91. The van der Waals surface area contributed by atoms with Gasteiger partial charge in [0.1, 0.15) is 11.6 Å². The second kappa shape index (κ2) is 10.4. The van der Waals surface area contributed by atoms with Gasteiger partial charge in [0.2, 0.25) is 5.91 Å². The standard InChI is InChI=1S/C23H33N5O3/c1-16(29)27(3)15-18-13-21(24-2)26-23(25-18)19-10-6-7-12-28(19)14-17-9-8-11-20(30-4)22(17)31-5/h8-9,11,13,19H,6-7,10,12,14-15H2,1-5H3,(H,24,25,26)/t19-/m0/s1. The van der Waals surface area contributed by atoms with Crippen LogP contribution in [0.4, 0.5) is 5.82 Å². The number of likely N-dealkylation sites (tertiary alicyclic amines) is 1. The molecule has 8 nitrogen and oxygen atoms in total. The number of carbonyl (C=O) groups is 1. The molecule has 1 atom stereocenters. The molecule has 0 spiro atoms. The van der Waals surface area contributed by atoms with Gasteiger partial charge >= 0.3 is 0 Å². The van der Waals surface area contributed by atoms with Crippen molar-refractivity contribution in [1.29, 1.82) is 0 Å². The normalized spacial score (nSPS) is 16.6. The molecule has 8 heteroatoms. The van der Waals surface area contributed by atoms with Crippen molar-refractivity contribution in [2.24, 2.45) is 0 Å². The number of aromatic nitrogens is 2. The number of para-hydroxylation sites is 1. The van der Waals surface area contributed by atoms with Gasteiger partial charge in [0.05, 0.1) is 32.5 Å². The molecule has 1 amide bonds. The van der Waals surface area contributed by atoms with Crippen LogP contribution in [-0.2, 0) is 17.9 Å². The largest absolute Gasteiger partial charge is 0.493 e. The maximum Gasteiger partial charge on any atom is 0.219 e. The Labute approximate surface area is 184 Å². The first kappa shape index (κ1) is 22.8. The maximum atomic E-state index is 11.7. The van der Waals surface area contributed by atoms with Crippen molar-refractivity contribution in [3.63, 3.8) is 0 Å². The minimum atomic E-state index is 0.00980. The summed E-state index contributed by atoms with van der Waals surface area (Å²) < 4.78 is 11.1. The van der Waals surface area contributed by atoms with Gasteiger partial charge in [-0.25, -0.2) is 9.97 Å². The maximum absolute atomic E-state index is 11.7. The lowest BCUT2D eigenvalue weighted by Crippen LogP contribution is -2.34. The van der Waals surface area contributed by atoms with Crippen LogP contribution in [0.1, 0.15) is 49.3 Å². The van der Waals surface area contributed by atoms with Gasteiger partial charge in [-0.05, 0) is 25.5 Å². The minimum absolute atomic E-state index is 0.00980. The molecular formula is C23H33N5O3. The first-order chi connectivity index (χ1) is 15.0. The summed E-state index contributed by atoms with van der Waals surface area (Å²) in [5, 5.41) is 3.14. The quantitative estimate of drug-likeness (QED) is 0.693. The van der Waals surface area contributed by atoms with E-state index >= 15 is 0 Å². The Morgan fingerprint density at radius 2 is 2.06 bits per heavy atom. The number of rotatable bonds is 8. The molecule has 3 rings (SSSR count). The molecule has 0 saturated carbocycles. The summed E-state index contributed by atoms with van der Waals surface area (Å²) in [6.45, 7) is 3.70. The van der Waals surface area contributed by atoms with Crippen molar-refractivity contribution in [2.75, 3.05) is 40.2 Å². The van der Waals surface area contributed by atoms with Crippen LogP contribution in [0.3, 0.4) is 0 Å². The fraction of sp³-hybridized carbons (Fsp3) is 0.522. The molecule has 1 aromatic carbocycles. The zero-order chi connectivity index (χ0) is 22.4. The number of methoxy groups -OCH3 is 2. The molecule has 1 N–H and O–H groups in total. The second-order valence-electron chi connectivity index (χ2n) is 7.86. The highest BCUT2D eigenvalue weighted by Crippen LogP contribution is 2.36. The lowest BCUT2D eigenvalue weighted by molar-refractivity contribution is -0.128. The molecule has 0 radical (unpaired) electrons. The van der Waals surface area contributed by atoms with Crippen molar-refractivity contribution in [2.45, 2.75) is 45.3 Å². The Kier molecular flexibility index (Phi) is 7.68. The summed E-state index contributed by atoms with van der Waals surface area (Å²) in [5.41, 5.74) is 1.91. The van der Waals surface area contributed by atoms with Crippen LogP contribution < -0.4 is 14.8 Å². The Hall–Kier alpha value is -2.87. The first-order valence-electron chi connectivity index (χ1n) is 10.7. The predicted octanol–water partition coefficient (Wildman–Crippen LogP) is 3.24. The van der Waals surface area contributed by atoms with Crippen LogP contribution in [0, 0.1) is 0 Å². The zero-order valence-electron chi connectivity index (χ0n) is 19.1. The molecule has 1 aromatic heterocycles. The molecule has 0 bridgehead atoms. The molecule has 2 heterocycles. The topological polar surface area (TPSA) is 79.8 Å². The van der Waals surface area contributed by atoms with Gasteiger partial charge in [-0.15, -0.1) is 0 Å². The van der Waals surface area contributed by atoms with E-state index in [1.807, 2.05) is 25.2 Å². The number of anilines is 1. The van der Waals surface area contributed by atoms with Crippen molar-refractivity contribution in [3.8, 4) is 11.5 Å². The number of amides is 1. The number of nitrogens with zero attached hydrogens (tertiary/aromatic N) is 4. The molecule has 168 valence electrons. The zero-order valence-corrected chi connectivity index (χ0v) is 19.1. The minimum Gasteiger partial charge on any atom is -0.493 e. The van der Waals surface area contributed by atoms with E-state index in [9.17, 15) is 4.79 Å². The first-order valence-corrected chi connectivity index (χ1v) is 10.7. The highest BCUT2D eigenvalue weighted by atomic mass is 16.5. The summed E-state index contributed by atoms with van der Waals surface area (Å²) in [4.78, 5) is 25.4. The summed E-state index contributed by atoms with van der Waals surface area (Å²) in [7, 11) is 6.96. The fourth-order valence-corrected chi connectivity index (χ4v) is 4.00. The van der Waals surface area contributed by atoms with Gasteiger partial charge in [0.25, 0.3) is 0 Å². The predicted molar refractivity (Wildman–Crippen MR) is 120 cm³/mol. The molecule has 0 aliphatic carbocycles. The lowest BCUT2D eigenvalue weighted by Gasteiger charge is -2.35. The van der Waals surface area contributed by atoms with Crippen LogP contribution in [-0.4, -0.2) is 60.5 Å². The average Bonchev–Trinajstić information content (AvgIpc) is 2.78. The molecule has 1 fully saturated rings. The lowest BCUT2D eigenvalue weighted by atomic mass is 10.00. The van der Waals surface area contributed by atoms with E-state index in [4.69, 9.17) is 19.4 Å². The fourth-order valence-electron chi connectivity index (χ4n) is 4.00. The number of hydrogen-bond acceptors (Lipinski definition) is 7. The molecular weight excluding hydrogens is 394 g/mol. The van der Waals surface area contributed by atoms with E-state index in [1.165, 1.54) is 0 Å². The molecule has 31 heavy (non-hydrogen) atoms. The van der Waals surface area contributed by atoms with Crippen LogP contribution in [0.2, 0.25) is 0 Å². The Bertz CT molecular complexity index is 905. The van der Waals surface area contributed by atoms with Crippen LogP contribution >= 0.6 is 0 Å². The SMILES string of the molecule is CNc1cc(CN(C)C(C)=O)nc([C@@H]2CCCCN2Cc2cccc(OC)c2OC)n1. The second-order valence-corrected chi connectivity index (χ2v) is 7.86. The Morgan fingerprint density at radius 3 is 2.74 bits per heavy atom. The van der Waals surface area contributed by atoms with E-state index in [0.29, 0.717) is 6.54 Å². The number of benzene rings is 1. The number of piperidine rings is 1. The monoisotopic (exact) mass is 427 g/mol. The number of carbonyl (C=O) groups excluding carboxylic acids is 1. The van der Waals surface area contributed by atoms with E-state index in [2.05, 4.69) is 16.3 Å². The molecule has 1 saturated heterocycles. The van der Waals surface area contributed by atoms with Gasteiger partial charge in [0.15, 0.2) is 11.5 Å². The van der Waals surface area contributed by atoms with Gasteiger partial charge in [-0.1, -0.05) is 18.6 Å². The van der Waals surface area contributed by atoms with E-state index in [1.54, 1.807) is 33.1 Å². The van der Waals surface area contributed by atoms with Crippen LogP contribution in [0.15, 0.2) is 24.3 Å². The molecule has 1 aliphatic heterocycles. The van der Waals surface area contributed by atoms with E-state index in [-0.39, 0.29) is 11.9 Å². The smallest absolute Gasteiger partial charge is 0.219 e. The summed E-state index contributed by atoms with van der Waals surface area (Å²) in [5.74, 6) is 3.07. The van der Waals surface area contributed by atoms with Gasteiger partial charge < -0.3 is 19.7 Å². The molecule has 0 unspecified atom stereocenters. The Morgan fingerprint density at radius 1 is 1.26 bits per heavy atom. The molecule has 1 aliphatic rings. The summed E-state index contributed by atoms with van der Waals surface area (Å²) in [6.07, 6.45) is 3.25. The van der Waals surface area contributed by atoms with E-state index < -0.39 is 0 Å². The van der Waals surface area contributed by atoms with Crippen molar-refractivity contribution < 1.29 is 14.3 Å². The summed E-state index contributed by atoms with van der Waals surface area (Å²) >= 11 is 0. The van der Waals surface area contributed by atoms with E-state index in [0.717, 1.165) is 66.8 Å². The van der Waals surface area contributed by atoms with Crippen molar-refractivity contribution in [1.82, 2.24) is 19.8 Å². The third-order valence-electron chi connectivity index (χ3n) is 5.76. The highest BCUT2D eigenvalue weighted by Gasteiger charge is 2.28. The molecule has 2 aromatic rings. The van der Waals surface area contributed by atoms with Crippen molar-refractivity contribution in [3.05, 3.63) is 41.3 Å². The van der Waals surface area contributed by atoms with Crippen LogP contribution in [0.25, 0.3) is 0 Å². The number of hydrogen-bond donors (Lipinski definition) is 1. The average molecular weight is 428 g/mol. The highest BCUT2D eigenvalue weighted by molar-refractivity contribution is 5.72. The van der Waals surface area contributed by atoms with Crippen molar-refractivity contribution >= 4 is 11.7 Å². The van der Waals surface area contributed by atoms with Gasteiger partial charge in [0, 0.05) is 39.2 Å².